The summed E-state index contributed by atoms with van der Waals surface area (Å²) < 4.78 is 0. The summed E-state index contributed by atoms with van der Waals surface area (Å²) in [6, 6.07) is 17.0. The van der Waals surface area contributed by atoms with Gasteiger partial charge >= 0.3 is 0 Å². The molecule has 54 heavy (non-hydrogen) atoms. The highest BCUT2D eigenvalue weighted by Crippen LogP contribution is 2.37. The number of benzene rings is 2. The van der Waals surface area contributed by atoms with Crippen molar-refractivity contribution in [3.8, 4) is 0 Å². The van der Waals surface area contributed by atoms with Crippen molar-refractivity contribution < 1.29 is 29.0 Å². The van der Waals surface area contributed by atoms with Gasteiger partial charge in [-0.25, -0.2) is 10.1 Å². The highest BCUT2D eigenvalue weighted by Gasteiger charge is 2.37. The molecule has 0 bridgehead atoms. The molecule has 0 aliphatic heterocycles. The van der Waals surface area contributed by atoms with E-state index in [9.17, 15) is 34.1 Å². The van der Waals surface area contributed by atoms with Crippen LogP contribution in [0, 0.1) is 33.8 Å². The minimum Gasteiger partial charge on any atom is -0.365 e. The third-order valence-electron chi connectivity index (χ3n) is 10.1. The number of amides is 3. The lowest BCUT2D eigenvalue weighted by Gasteiger charge is -2.27. The maximum atomic E-state index is 14.3. The summed E-state index contributed by atoms with van der Waals surface area (Å²) in [5.74, 6) is -2.42. The molecule has 13 nitrogen and oxygen atoms in total. The molecule has 1 aliphatic rings. The summed E-state index contributed by atoms with van der Waals surface area (Å²) in [5.41, 5.74) is 6.48. The Balaban J connectivity index is 1.58. The molecule has 0 saturated heterocycles. The molecule has 2 aromatic carbocycles. The third-order valence-corrected chi connectivity index (χ3v) is 10.1. The van der Waals surface area contributed by atoms with Crippen LogP contribution in [0.2, 0.25) is 0 Å². The number of nitrogens with one attached hydrogen (secondary N) is 2. The van der Waals surface area contributed by atoms with Crippen molar-refractivity contribution in [2.24, 2.45) is 34.5 Å². The zero-order chi connectivity index (χ0) is 39.3. The maximum Gasteiger partial charge on any atom is 0.266 e. The second-order valence-electron chi connectivity index (χ2n) is 14.7. The summed E-state index contributed by atoms with van der Waals surface area (Å²) in [6.45, 7) is 4.42. The van der Waals surface area contributed by atoms with Gasteiger partial charge in [0.2, 0.25) is 5.91 Å². The quantitative estimate of drug-likeness (QED) is 0.0162. The second kappa shape index (κ2) is 23.7. The summed E-state index contributed by atoms with van der Waals surface area (Å²) in [4.78, 5) is 78.3. The summed E-state index contributed by atoms with van der Waals surface area (Å²) in [5, 5.41) is 18.2. The molecular weight excluding hydrogens is 688 g/mol. The lowest BCUT2D eigenvalue weighted by Crippen LogP contribution is -2.45. The summed E-state index contributed by atoms with van der Waals surface area (Å²) in [6.07, 6.45) is 11.4. The molecule has 0 radical (unpaired) electrons. The predicted octanol–water partition coefficient (Wildman–Crippen LogP) is 6.30. The number of nitro groups is 1. The predicted molar refractivity (Wildman–Crippen MR) is 208 cm³/mol. The van der Waals surface area contributed by atoms with Gasteiger partial charge in [-0.2, -0.15) is 0 Å². The number of hydrogen-bond donors (Lipinski definition) is 3. The fraction of sp³-hybridized carbons (Fsp3) is 0.561. The van der Waals surface area contributed by atoms with Crippen molar-refractivity contribution in [1.82, 2.24) is 15.5 Å². The number of hydrogen-bond acceptors (Lipinski definition) is 7. The van der Waals surface area contributed by atoms with E-state index in [-0.39, 0.29) is 54.3 Å². The molecule has 0 heterocycles. The van der Waals surface area contributed by atoms with Gasteiger partial charge in [0, 0.05) is 30.1 Å². The van der Waals surface area contributed by atoms with Gasteiger partial charge in [0.1, 0.15) is 17.2 Å². The number of ketones is 1. The van der Waals surface area contributed by atoms with Gasteiger partial charge < -0.3 is 21.2 Å². The summed E-state index contributed by atoms with van der Waals surface area (Å²) in [7, 11) is 0. The Kier molecular flexibility index (Phi) is 19.1. The number of unbranched alkanes of at least 4 members (excludes halogenated alkanes) is 5. The first-order valence-electron chi connectivity index (χ1n) is 19.5. The van der Waals surface area contributed by atoms with Crippen molar-refractivity contribution in [1.29, 1.82) is 0 Å². The number of carbonyl (C=O) groups excluding carboxylic acids is 5. The molecule has 1 fully saturated rings. The molecule has 13 heteroatoms. The number of hydrazone groups is 1. The number of aldehydes is 1. The zero-order valence-corrected chi connectivity index (χ0v) is 31.8. The van der Waals surface area contributed by atoms with E-state index in [2.05, 4.69) is 15.7 Å². The smallest absolute Gasteiger partial charge is 0.266 e. The molecule has 3 unspecified atom stereocenters. The van der Waals surface area contributed by atoms with Crippen LogP contribution in [0.25, 0.3) is 0 Å². The molecule has 4 N–H and O–H groups in total. The second-order valence-corrected chi connectivity index (χ2v) is 14.7. The van der Waals surface area contributed by atoms with E-state index in [4.69, 9.17) is 5.73 Å². The number of Topliss-reactive ketones (excluding diaryl/α,β-unsaturated/α-hetero) is 1. The van der Waals surface area contributed by atoms with Gasteiger partial charge in [0.25, 0.3) is 17.8 Å². The van der Waals surface area contributed by atoms with Crippen molar-refractivity contribution in [3.63, 3.8) is 0 Å². The van der Waals surface area contributed by atoms with Gasteiger partial charge in [0.05, 0.1) is 12.0 Å². The minimum atomic E-state index is -0.958. The molecule has 3 atom stereocenters. The number of nitrogens with two attached hydrogens (primary N) is 1. The van der Waals surface area contributed by atoms with Gasteiger partial charge in [-0.15, -0.1) is 0 Å². The Bertz CT molecular complexity index is 1480. The number of rotatable bonds is 24. The van der Waals surface area contributed by atoms with Crippen LogP contribution in [-0.2, 0) is 14.4 Å². The first kappa shape index (κ1) is 43.5. The zero-order valence-electron chi connectivity index (χ0n) is 31.8. The lowest BCUT2D eigenvalue weighted by atomic mass is 9.77. The first-order chi connectivity index (χ1) is 26.0. The van der Waals surface area contributed by atoms with E-state index in [0.29, 0.717) is 49.6 Å². The third kappa shape index (κ3) is 14.8. The molecule has 2 aromatic rings. The average Bonchev–Trinajstić information content (AvgIpc) is 3.69. The van der Waals surface area contributed by atoms with Crippen LogP contribution in [0.3, 0.4) is 0 Å². The average molecular weight is 747 g/mol. The summed E-state index contributed by atoms with van der Waals surface area (Å²) >= 11 is 0. The Labute approximate surface area is 319 Å². The van der Waals surface area contributed by atoms with E-state index in [1.54, 1.807) is 48.5 Å². The Morgan fingerprint density at radius 3 is 1.96 bits per heavy atom. The fourth-order valence-electron chi connectivity index (χ4n) is 7.33. The van der Waals surface area contributed by atoms with Gasteiger partial charge in [0.15, 0.2) is 5.03 Å². The van der Waals surface area contributed by atoms with Crippen molar-refractivity contribution in [2.75, 3.05) is 13.1 Å². The van der Waals surface area contributed by atoms with E-state index >= 15 is 0 Å². The molecule has 294 valence electrons. The SMILES string of the molecule is CC(C)CC(C=O)NC(=O)C(CCCN/C(N)=N/[N+](=O)[O-])C(=O)C(CCCCCCCCN(C(=O)c1ccccc1)C(=O)c1ccccc1)C1CCCC1. The van der Waals surface area contributed by atoms with Crippen LogP contribution in [0.1, 0.15) is 124 Å². The number of guanidine groups is 1. The molecule has 3 amide bonds. The van der Waals surface area contributed by atoms with Gasteiger partial charge in [-0.3, -0.25) is 24.1 Å². The Morgan fingerprint density at radius 1 is 0.870 bits per heavy atom. The molecule has 0 spiro atoms. The van der Waals surface area contributed by atoms with E-state index < -0.39 is 22.9 Å². The number of carbonyl (C=O) groups is 5. The highest BCUT2D eigenvalue weighted by molar-refractivity contribution is 6.10. The van der Waals surface area contributed by atoms with E-state index in [1.807, 2.05) is 26.0 Å². The normalized spacial score (nSPS) is 14.9. The first-order valence-corrected chi connectivity index (χ1v) is 19.5. The van der Waals surface area contributed by atoms with Crippen molar-refractivity contribution in [2.45, 2.75) is 110 Å². The topological polar surface area (TPSA) is 194 Å². The van der Waals surface area contributed by atoms with Crippen LogP contribution in [-0.4, -0.2) is 64.8 Å². The molecule has 3 rings (SSSR count). The van der Waals surface area contributed by atoms with Crippen LogP contribution in [0.4, 0.5) is 0 Å². The van der Waals surface area contributed by atoms with E-state index in [0.717, 1.165) is 57.8 Å². The van der Waals surface area contributed by atoms with Crippen LogP contribution in [0.15, 0.2) is 65.8 Å². The maximum absolute atomic E-state index is 14.3. The monoisotopic (exact) mass is 746 g/mol. The molecule has 1 saturated carbocycles. The van der Waals surface area contributed by atoms with E-state index in [1.165, 1.54) is 4.90 Å². The van der Waals surface area contributed by atoms with Crippen molar-refractivity contribution >= 4 is 35.8 Å². The van der Waals surface area contributed by atoms with Crippen LogP contribution >= 0.6 is 0 Å². The van der Waals surface area contributed by atoms with Gasteiger partial charge in [-0.05, 0) is 81.0 Å². The number of imide groups is 1. The molecule has 0 aromatic heterocycles. The molecule has 1 aliphatic carbocycles. The fourth-order valence-corrected chi connectivity index (χ4v) is 7.33. The minimum absolute atomic E-state index is 0.105. The van der Waals surface area contributed by atoms with Crippen LogP contribution in [0.5, 0.6) is 0 Å². The Hall–Kier alpha value is -4.94. The van der Waals surface area contributed by atoms with Crippen LogP contribution < -0.4 is 16.4 Å². The van der Waals surface area contributed by atoms with Gasteiger partial charge in [-0.1, -0.05) is 95.2 Å². The molecular formula is C41H58N6O7. The Morgan fingerprint density at radius 2 is 1.43 bits per heavy atom. The standard InChI is InChI=1S/C41H58N6O7/c1-30(2)28-34(29-48)44-38(50)36(25-17-26-43-41(42)45-47(53)54)37(49)35(31-18-14-15-19-31)24-13-5-3-4-6-16-27-46(39(51)32-20-9-7-10-21-32)40(52)33-22-11-8-12-23-33/h7-12,20-23,29-31,34-36H,3-6,13-19,24-28H2,1-2H3,(H,44,50)(H3,42,43,45). The van der Waals surface area contributed by atoms with Crippen molar-refractivity contribution in [3.05, 3.63) is 81.9 Å². The largest absolute Gasteiger partial charge is 0.365 e. The number of nitrogens with zero attached hydrogens (tertiary/aromatic N) is 3. The lowest BCUT2D eigenvalue weighted by molar-refractivity contribution is -0.485. The highest BCUT2D eigenvalue weighted by atomic mass is 16.7.